The molecule has 0 radical (unpaired) electrons. The number of aliphatic hydroxyl groups excluding tert-OH is 1. The van der Waals surface area contributed by atoms with Gasteiger partial charge in [-0.2, -0.15) is 5.10 Å². The van der Waals surface area contributed by atoms with Crippen molar-refractivity contribution in [1.29, 1.82) is 0 Å². The molecule has 1 unspecified atom stereocenters. The summed E-state index contributed by atoms with van der Waals surface area (Å²) in [5.41, 5.74) is 2.32. The summed E-state index contributed by atoms with van der Waals surface area (Å²) in [6, 6.07) is 8.12. The van der Waals surface area contributed by atoms with E-state index in [4.69, 9.17) is 4.52 Å². The highest BCUT2D eigenvalue weighted by Gasteiger charge is 2.21. The summed E-state index contributed by atoms with van der Waals surface area (Å²) in [6.07, 6.45) is 0.697. The molecule has 0 saturated heterocycles. The largest absolute Gasteiger partial charge is 0.387 e. The van der Waals surface area contributed by atoms with E-state index in [9.17, 15) is 14.3 Å². The maximum atomic E-state index is 14.8. The topological polar surface area (TPSA) is 117 Å². The Labute approximate surface area is 183 Å². The number of nitrogens with one attached hydrogen (secondary N) is 2. The van der Waals surface area contributed by atoms with Crippen LogP contribution in [-0.2, 0) is 16.6 Å². The Bertz CT molecular complexity index is 1290. The van der Waals surface area contributed by atoms with Crippen molar-refractivity contribution in [1.82, 2.24) is 20.3 Å². The highest BCUT2D eigenvalue weighted by molar-refractivity contribution is 5.91. The molecular formula is C23H24FN5O3. The first kappa shape index (κ1) is 21.6. The lowest BCUT2D eigenvalue weighted by Gasteiger charge is -2.12. The van der Waals surface area contributed by atoms with Gasteiger partial charge >= 0.3 is 0 Å². The molecule has 0 bridgehead atoms. The molecule has 4 aromatic rings. The maximum Gasteiger partial charge on any atom is 0.230 e. The van der Waals surface area contributed by atoms with Crippen LogP contribution in [0.1, 0.15) is 50.8 Å². The first-order valence-electron chi connectivity index (χ1n) is 10.2. The molecule has 3 heterocycles. The lowest BCUT2D eigenvalue weighted by molar-refractivity contribution is -0.115. The van der Waals surface area contributed by atoms with E-state index in [1.54, 1.807) is 37.4 Å². The van der Waals surface area contributed by atoms with Crippen LogP contribution in [0.2, 0.25) is 0 Å². The van der Waals surface area contributed by atoms with Crippen molar-refractivity contribution < 1.29 is 18.8 Å². The van der Waals surface area contributed by atoms with Crippen LogP contribution >= 0.6 is 0 Å². The lowest BCUT2D eigenvalue weighted by Crippen LogP contribution is -2.15. The van der Waals surface area contributed by atoms with Crippen LogP contribution < -0.4 is 5.32 Å². The number of rotatable bonds is 5. The van der Waals surface area contributed by atoms with Crippen molar-refractivity contribution in [2.45, 2.75) is 45.6 Å². The second kappa shape index (κ2) is 8.16. The Morgan fingerprint density at radius 1 is 1.25 bits per heavy atom. The van der Waals surface area contributed by atoms with Gasteiger partial charge in [-0.1, -0.05) is 38.1 Å². The van der Waals surface area contributed by atoms with E-state index in [0.29, 0.717) is 39.4 Å². The molecule has 1 aromatic carbocycles. The third kappa shape index (κ3) is 4.38. The molecule has 1 amide bonds. The van der Waals surface area contributed by atoms with Crippen molar-refractivity contribution in [3.8, 4) is 11.1 Å². The number of carbonyl (C=O) groups is 1. The molecule has 0 aliphatic rings. The van der Waals surface area contributed by atoms with Crippen molar-refractivity contribution in [2.75, 3.05) is 5.32 Å². The average Bonchev–Trinajstić information content (AvgIpc) is 3.35. The molecule has 0 aliphatic carbocycles. The number of benzene rings is 1. The Balaban J connectivity index is 1.51. The Hall–Kier alpha value is -3.59. The number of halogens is 1. The van der Waals surface area contributed by atoms with Gasteiger partial charge in [0.25, 0.3) is 0 Å². The number of fused-ring (bicyclic) bond motifs is 1. The number of aliphatic hydroxyl groups is 1. The van der Waals surface area contributed by atoms with E-state index in [1.807, 2.05) is 20.8 Å². The number of amides is 1. The predicted molar refractivity (Wildman–Crippen MR) is 117 cm³/mol. The van der Waals surface area contributed by atoms with Gasteiger partial charge in [0.05, 0.1) is 18.2 Å². The van der Waals surface area contributed by atoms with Gasteiger partial charge < -0.3 is 14.9 Å². The van der Waals surface area contributed by atoms with Crippen LogP contribution in [0.15, 0.2) is 41.1 Å². The smallest absolute Gasteiger partial charge is 0.230 e. The van der Waals surface area contributed by atoms with Gasteiger partial charge in [0.1, 0.15) is 11.6 Å². The SMILES string of the molecule is CC(O)c1n[nH]c2ncc(-c3ccc(CC(=O)Nc4cc(C(C)(C)C)on4)c(F)c3)cc12. The van der Waals surface area contributed by atoms with Crippen LogP contribution in [0.5, 0.6) is 0 Å². The minimum Gasteiger partial charge on any atom is -0.387 e. The van der Waals surface area contributed by atoms with Crippen molar-refractivity contribution >= 4 is 22.8 Å². The van der Waals surface area contributed by atoms with Gasteiger partial charge in [0.15, 0.2) is 11.5 Å². The molecule has 166 valence electrons. The monoisotopic (exact) mass is 437 g/mol. The van der Waals surface area contributed by atoms with Crippen LogP contribution in [0.4, 0.5) is 10.2 Å². The van der Waals surface area contributed by atoms with Crippen LogP contribution in [0.25, 0.3) is 22.2 Å². The first-order chi connectivity index (χ1) is 15.1. The highest BCUT2D eigenvalue weighted by atomic mass is 19.1. The minimum atomic E-state index is -0.761. The Morgan fingerprint density at radius 3 is 2.69 bits per heavy atom. The van der Waals surface area contributed by atoms with E-state index in [0.717, 1.165) is 0 Å². The molecule has 0 saturated carbocycles. The second-order valence-corrected chi connectivity index (χ2v) is 8.76. The number of H-pyrrole nitrogens is 1. The van der Waals surface area contributed by atoms with E-state index >= 15 is 0 Å². The summed E-state index contributed by atoms with van der Waals surface area (Å²) in [7, 11) is 0. The van der Waals surface area contributed by atoms with Crippen LogP contribution in [-0.4, -0.2) is 31.4 Å². The third-order valence-electron chi connectivity index (χ3n) is 5.10. The summed E-state index contributed by atoms with van der Waals surface area (Å²) in [4.78, 5) is 16.7. The highest BCUT2D eigenvalue weighted by Crippen LogP contribution is 2.28. The number of anilines is 1. The Morgan fingerprint density at radius 2 is 2.03 bits per heavy atom. The number of nitrogens with zero attached hydrogens (tertiary/aromatic N) is 3. The fourth-order valence-corrected chi connectivity index (χ4v) is 3.32. The predicted octanol–water partition coefficient (Wildman–Crippen LogP) is 4.28. The van der Waals surface area contributed by atoms with Gasteiger partial charge in [0.2, 0.25) is 5.91 Å². The van der Waals surface area contributed by atoms with E-state index < -0.39 is 17.8 Å². The van der Waals surface area contributed by atoms with Crippen LogP contribution in [0, 0.1) is 5.82 Å². The normalized spacial score (nSPS) is 12.8. The molecule has 32 heavy (non-hydrogen) atoms. The zero-order valence-electron chi connectivity index (χ0n) is 18.2. The number of carbonyl (C=O) groups excluding carboxylic acids is 1. The maximum absolute atomic E-state index is 14.8. The molecule has 9 heteroatoms. The zero-order valence-corrected chi connectivity index (χ0v) is 18.2. The van der Waals surface area contributed by atoms with Gasteiger partial charge in [-0.05, 0) is 30.2 Å². The third-order valence-corrected chi connectivity index (χ3v) is 5.10. The fourth-order valence-electron chi connectivity index (χ4n) is 3.32. The van der Waals surface area contributed by atoms with Gasteiger partial charge in [-0.15, -0.1) is 0 Å². The molecule has 0 fully saturated rings. The molecule has 0 spiro atoms. The number of hydrogen-bond donors (Lipinski definition) is 3. The molecule has 1 atom stereocenters. The zero-order chi connectivity index (χ0) is 23.0. The first-order valence-corrected chi connectivity index (χ1v) is 10.2. The average molecular weight is 437 g/mol. The lowest BCUT2D eigenvalue weighted by atomic mass is 9.93. The van der Waals surface area contributed by atoms with Crippen molar-refractivity contribution in [2.24, 2.45) is 0 Å². The van der Waals surface area contributed by atoms with E-state index in [2.05, 4.69) is 25.7 Å². The summed E-state index contributed by atoms with van der Waals surface area (Å²) < 4.78 is 20.0. The number of aromatic nitrogens is 4. The second-order valence-electron chi connectivity index (χ2n) is 8.76. The molecule has 8 nitrogen and oxygen atoms in total. The summed E-state index contributed by atoms with van der Waals surface area (Å²) in [5, 5.41) is 23.9. The van der Waals surface area contributed by atoms with E-state index in [1.165, 1.54) is 6.07 Å². The van der Waals surface area contributed by atoms with Gasteiger partial charge in [-0.3, -0.25) is 9.89 Å². The number of hydrogen-bond acceptors (Lipinski definition) is 6. The quantitative estimate of drug-likeness (QED) is 0.429. The minimum absolute atomic E-state index is 0.144. The van der Waals surface area contributed by atoms with Crippen LogP contribution in [0.3, 0.4) is 0 Å². The van der Waals surface area contributed by atoms with Gasteiger partial charge in [0, 0.05) is 28.6 Å². The molecule has 3 N–H and O–H groups in total. The molecule has 3 aromatic heterocycles. The molecule has 4 rings (SSSR count). The molecular weight excluding hydrogens is 413 g/mol. The fraction of sp³-hybridized carbons (Fsp3) is 0.304. The summed E-state index contributed by atoms with van der Waals surface area (Å²) >= 11 is 0. The van der Waals surface area contributed by atoms with Crippen molar-refractivity contribution in [3.05, 3.63) is 59.4 Å². The molecule has 0 aliphatic heterocycles. The summed E-state index contributed by atoms with van der Waals surface area (Å²) in [6.45, 7) is 7.54. The van der Waals surface area contributed by atoms with E-state index in [-0.39, 0.29) is 17.4 Å². The number of pyridine rings is 1. The Kier molecular flexibility index (Phi) is 5.52. The summed E-state index contributed by atoms with van der Waals surface area (Å²) in [5.74, 6) is 0.0420. The van der Waals surface area contributed by atoms with Gasteiger partial charge in [-0.25, -0.2) is 9.37 Å². The standard InChI is InChI=1S/C23H24FN5O3/c1-12(30)21-16-7-15(11-25-22(16)28-27-21)13-5-6-14(17(24)8-13)9-20(31)26-19-10-18(32-29-19)23(2,3)4/h5-8,10-12,30H,9H2,1-4H3,(H,25,27,28)(H,26,29,31). The van der Waals surface area contributed by atoms with Crippen molar-refractivity contribution in [3.63, 3.8) is 0 Å². The number of aromatic amines is 1.